The Kier molecular flexibility index (Phi) is 12.6. The lowest BCUT2D eigenvalue weighted by atomic mass is 9.33. The molecule has 0 amide bonds. The van der Waals surface area contributed by atoms with Gasteiger partial charge in [-0.2, -0.15) is 0 Å². The lowest BCUT2D eigenvalue weighted by molar-refractivity contribution is 0.168. The van der Waals surface area contributed by atoms with E-state index in [0.29, 0.717) is 11.8 Å². The fraction of sp³-hybridized carbons (Fsp3) is 0.103. The summed E-state index contributed by atoms with van der Waals surface area (Å²) in [6, 6.07) is 115. The smallest absolute Gasteiger partial charge is 0.252 e. The van der Waals surface area contributed by atoms with Crippen molar-refractivity contribution in [3.8, 4) is 55.9 Å². The van der Waals surface area contributed by atoms with Crippen LogP contribution < -0.4 is 26.2 Å². The van der Waals surface area contributed by atoms with Gasteiger partial charge in [-0.1, -0.05) is 263 Å². The number of anilines is 6. The van der Waals surface area contributed by atoms with Crippen LogP contribution in [-0.4, -0.2) is 15.8 Å². The van der Waals surface area contributed by atoms with Crippen molar-refractivity contribution in [2.45, 2.75) is 46.0 Å². The summed E-state index contributed by atoms with van der Waals surface area (Å²) in [6.07, 6.45) is 3.41. The summed E-state index contributed by atoms with van der Waals surface area (Å²) < 4.78 is 5.01. The second-order valence-corrected chi connectivity index (χ2v) is 26.8. The van der Waals surface area contributed by atoms with Crippen LogP contribution in [0.3, 0.4) is 0 Å². The first-order valence-electron chi connectivity index (χ1n) is 32.8. The monoisotopic (exact) mass is 1180 g/mol. The maximum absolute atomic E-state index is 2.74. The number of hydrogen-bond acceptors (Lipinski definition) is 2. The highest BCUT2D eigenvalue weighted by atomic mass is 15.2. The third-order valence-electron chi connectivity index (χ3n) is 20.5. The maximum Gasteiger partial charge on any atom is 0.252 e. The van der Waals surface area contributed by atoms with Gasteiger partial charge in [0.25, 0.3) is 6.71 Å². The summed E-state index contributed by atoms with van der Waals surface area (Å²) in [5, 5.41) is 4.98. The molecular formula is C87H67BN4. The maximum atomic E-state index is 2.74. The van der Waals surface area contributed by atoms with E-state index < -0.39 is 0 Å². The summed E-state index contributed by atoms with van der Waals surface area (Å²) >= 11 is 0. The fourth-order valence-electron chi connectivity index (χ4n) is 17.0. The van der Waals surface area contributed by atoms with Gasteiger partial charge in [0.15, 0.2) is 0 Å². The highest BCUT2D eigenvalue weighted by Gasteiger charge is 2.47. The third kappa shape index (κ3) is 8.59. The zero-order valence-electron chi connectivity index (χ0n) is 52.0. The number of benzene rings is 13. The van der Waals surface area contributed by atoms with Gasteiger partial charge in [-0.25, -0.2) is 0 Å². The number of para-hydroxylation sites is 6. The van der Waals surface area contributed by atoms with Crippen LogP contribution in [0.15, 0.2) is 303 Å². The van der Waals surface area contributed by atoms with E-state index in [1.807, 2.05) is 0 Å². The van der Waals surface area contributed by atoms with Gasteiger partial charge in [0.2, 0.25) is 0 Å². The van der Waals surface area contributed by atoms with Crippen LogP contribution in [0, 0.1) is 11.3 Å². The molecular weight excluding hydrogens is 1110 g/mol. The van der Waals surface area contributed by atoms with Crippen LogP contribution in [0.5, 0.6) is 0 Å². The van der Waals surface area contributed by atoms with Crippen molar-refractivity contribution in [3.63, 3.8) is 0 Å². The van der Waals surface area contributed by atoms with E-state index in [1.54, 1.807) is 0 Å². The Labute approximate surface area is 538 Å². The summed E-state index contributed by atoms with van der Waals surface area (Å²) in [6.45, 7) is 7.33. The molecule has 0 spiro atoms. The number of aromatic nitrogens is 2. The molecule has 0 N–H and O–H groups in total. The zero-order chi connectivity index (χ0) is 61.2. The molecule has 2 atom stereocenters. The highest BCUT2D eigenvalue weighted by Crippen LogP contribution is 2.56. The van der Waals surface area contributed by atoms with E-state index in [-0.39, 0.29) is 12.1 Å². The number of hydrogen-bond donors (Lipinski definition) is 0. The van der Waals surface area contributed by atoms with Gasteiger partial charge in [-0.3, -0.25) is 0 Å². The first-order valence-corrected chi connectivity index (χ1v) is 32.8. The zero-order valence-corrected chi connectivity index (χ0v) is 52.0. The van der Waals surface area contributed by atoms with Gasteiger partial charge in [0, 0.05) is 77.9 Å². The molecule has 0 radical (unpaired) electrons. The van der Waals surface area contributed by atoms with Crippen LogP contribution in [0.25, 0.3) is 99.5 Å². The van der Waals surface area contributed by atoms with Gasteiger partial charge in [-0.15, -0.1) is 0 Å². The van der Waals surface area contributed by atoms with E-state index in [1.165, 1.54) is 139 Å². The van der Waals surface area contributed by atoms with Crippen molar-refractivity contribution in [1.82, 2.24) is 9.13 Å². The summed E-state index contributed by atoms with van der Waals surface area (Å²) in [5.74, 6) is 0.844. The molecule has 1 fully saturated rings. The molecule has 2 aliphatic heterocycles. The molecule has 2 aromatic heterocycles. The van der Waals surface area contributed by atoms with Gasteiger partial charge in [0.05, 0.1) is 33.4 Å². The molecule has 1 saturated carbocycles. The summed E-state index contributed by atoms with van der Waals surface area (Å²) in [4.78, 5) is 5.48. The van der Waals surface area contributed by atoms with Crippen LogP contribution in [0.2, 0.25) is 0 Å². The fourth-order valence-corrected chi connectivity index (χ4v) is 17.0. The average molecular weight is 1180 g/mol. The quantitative estimate of drug-likeness (QED) is 0.134. The van der Waals surface area contributed by atoms with E-state index in [0.717, 1.165) is 35.6 Å². The normalized spacial score (nSPS) is 15.7. The largest absolute Gasteiger partial charge is 0.310 e. The number of rotatable bonds is 9. The van der Waals surface area contributed by atoms with Crippen LogP contribution in [0.1, 0.15) is 51.5 Å². The average Bonchev–Trinajstić information content (AvgIpc) is 0.766. The van der Waals surface area contributed by atoms with Crippen molar-refractivity contribution in [1.29, 1.82) is 0 Å². The first-order chi connectivity index (χ1) is 45.3. The molecule has 1 aliphatic carbocycles. The van der Waals surface area contributed by atoms with Crippen LogP contribution in [0.4, 0.5) is 34.1 Å². The number of fused-ring (bicyclic) bond motifs is 10. The Morgan fingerprint density at radius 1 is 0.337 bits per heavy atom. The minimum atomic E-state index is -0.180. The minimum absolute atomic E-state index is 0.145. The lowest BCUT2D eigenvalue weighted by Gasteiger charge is -2.47. The second kappa shape index (κ2) is 21.4. The Morgan fingerprint density at radius 3 is 1.02 bits per heavy atom. The second-order valence-electron chi connectivity index (χ2n) is 26.8. The molecule has 3 aliphatic rings. The molecule has 5 heteroatoms. The number of nitrogens with zero attached hydrogens (tertiary/aromatic N) is 4. The lowest BCUT2D eigenvalue weighted by Crippen LogP contribution is -2.61. The molecule has 0 bridgehead atoms. The van der Waals surface area contributed by atoms with Gasteiger partial charge >= 0.3 is 0 Å². The SMILES string of the molecule is CC1CC(c2cc3c4c(c2)N(c2c(-c5ccccc5)cccc2-c2ccccc2)c2cc(-n5c6ccccc6c6ccccc65)ccc2B4c2ccc(-n4c5ccccc5c5ccccc54)cc2N3c2c(-c3ccccc3)cccc2-c2ccccc2)CC(C)(C)C1. The van der Waals surface area contributed by atoms with E-state index in [9.17, 15) is 0 Å². The van der Waals surface area contributed by atoms with Gasteiger partial charge in [-0.05, 0) is 141 Å². The highest BCUT2D eigenvalue weighted by molar-refractivity contribution is 7.00. The van der Waals surface area contributed by atoms with Gasteiger partial charge < -0.3 is 18.9 Å². The van der Waals surface area contributed by atoms with Gasteiger partial charge in [0.1, 0.15) is 0 Å². The minimum Gasteiger partial charge on any atom is -0.310 e. The third-order valence-corrected chi connectivity index (χ3v) is 20.5. The predicted molar refractivity (Wildman–Crippen MR) is 390 cm³/mol. The molecule has 4 heterocycles. The molecule has 0 saturated heterocycles. The van der Waals surface area contributed by atoms with E-state index in [4.69, 9.17) is 0 Å². The van der Waals surface area contributed by atoms with Crippen molar-refractivity contribution in [3.05, 3.63) is 309 Å². The Bertz CT molecular complexity index is 4850. The summed E-state index contributed by atoms with van der Waals surface area (Å²) in [5.41, 5.74) is 28.8. The first kappa shape index (κ1) is 54.1. The molecule has 15 aromatic rings. The van der Waals surface area contributed by atoms with Crippen molar-refractivity contribution >= 4 is 101 Å². The summed E-state index contributed by atoms with van der Waals surface area (Å²) in [7, 11) is 0. The molecule has 4 nitrogen and oxygen atoms in total. The van der Waals surface area contributed by atoms with Crippen molar-refractivity contribution < 1.29 is 0 Å². The van der Waals surface area contributed by atoms with E-state index >= 15 is 0 Å². The topological polar surface area (TPSA) is 16.3 Å². The molecule has 92 heavy (non-hydrogen) atoms. The molecule has 2 unspecified atom stereocenters. The Balaban J connectivity index is 1.02. The molecule has 18 rings (SSSR count). The molecule has 13 aromatic carbocycles. The molecule has 438 valence electrons. The predicted octanol–water partition coefficient (Wildman–Crippen LogP) is 21.6. The Morgan fingerprint density at radius 2 is 0.674 bits per heavy atom. The standard InChI is InChI=1S/C87H67BN4/c1-57-50-63(56-87(2,3)55-57)62-51-82-84-83(52-62)92(86-68(60-30-12-6-13-31-60)40-25-41-69(86)61-32-14-7-15-33-61)81-54-65(90-78-44-22-18-36-72(78)73-37-19-23-45-79(73)90)47-49-75(81)88(84)74-48-46-64(89-76-42-20-16-34-70(76)71-35-17-21-43-77(71)89)53-80(74)91(82)85-66(58-26-8-4-9-27-58)38-24-39-67(85)59-28-10-5-11-29-59/h4-49,51-54,57,63H,50,55-56H2,1-3H3. The van der Waals surface area contributed by atoms with Crippen LogP contribution >= 0.6 is 0 Å². The Hall–Kier alpha value is -10.9. The van der Waals surface area contributed by atoms with Crippen LogP contribution in [-0.2, 0) is 0 Å². The van der Waals surface area contributed by atoms with Crippen molar-refractivity contribution in [2.75, 3.05) is 9.80 Å². The van der Waals surface area contributed by atoms with E-state index in [2.05, 4.69) is 343 Å². The van der Waals surface area contributed by atoms with Crippen molar-refractivity contribution in [2.24, 2.45) is 11.3 Å².